The quantitative estimate of drug-likeness (QED) is 0.217. The first-order valence-electron chi connectivity index (χ1n) is 0. The maximum absolute atomic E-state index is 0. The molecule has 101 heteroatoms. The van der Waals surface area contributed by atoms with Crippen LogP contribution in [0, 0.1) is 0 Å². The smallest absolute Gasteiger partial charge is 0.412 e. The van der Waals surface area contributed by atoms with E-state index in [2.05, 4.69) is 0 Å². The summed E-state index contributed by atoms with van der Waals surface area (Å²) < 4.78 is 0. The van der Waals surface area contributed by atoms with Gasteiger partial charge in [0.25, 0.3) is 0 Å². The maximum atomic E-state index is 0. The minimum absolute atomic E-state index is 0. The van der Waals surface area contributed by atoms with Gasteiger partial charge < -0.3 is 5.48 Å². The van der Waals surface area contributed by atoms with Gasteiger partial charge in [0.05, 0.1) is 0 Å². The molecule has 0 aromatic rings. The molecule has 0 saturated carbocycles. The van der Waals surface area contributed by atoms with E-state index in [1.165, 1.54) is 0 Å². The van der Waals surface area contributed by atoms with E-state index in [0.29, 0.717) is 0 Å². The minimum Gasteiger partial charge on any atom is -0.412 e. The fraction of sp³-hybridized carbons (Fsp3) is 0. The van der Waals surface area contributed by atoms with Crippen LogP contribution < -0.4 is 0 Å². The van der Waals surface area contributed by atoms with Gasteiger partial charge in [-0.05, 0) is 0 Å². The largest absolute Gasteiger partial charge is 3.00 e. The number of hydrogen-bond acceptors (Lipinski definition) is 0. The van der Waals surface area contributed by atoms with Crippen molar-refractivity contribution in [1.82, 2.24) is 0 Å². The van der Waals surface area contributed by atoms with E-state index in [1.807, 2.05) is 0 Å². The first-order valence-corrected chi connectivity index (χ1v) is 0. The molecule has 0 amide bonds. The van der Waals surface area contributed by atoms with Crippen molar-refractivity contribution in [3.05, 3.63) is 0 Å². The third-order valence-electron chi connectivity index (χ3n) is 0. The van der Waals surface area contributed by atoms with Crippen molar-refractivity contribution >= 4 is 1740 Å². The van der Waals surface area contributed by atoms with Crippen LogP contribution in [0.3, 0.4) is 0 Å². The van der Waals surface area contributed by atoms with Crippen LogP contribution >= 0.6 is 0 Å². The zero-order valence-electron chi connectivity index (χ0n) is 58.2. The molecule has 101 heavy (non-hydrogen) atoms. The Balaban J connectivity index is 0. The Morgan fingerprint density at radius 3 is 0.0198 bits per heavy atom. The molecular formula is H2Al100O+300. The molecule has 0 aliphatic carbocycles. The monoisotopic (exact) mass is 2720 g/mol. The third-order valence-corrected chi connectivity index (χ3v) is 0. The zero-order chi connectivity index (χ0) is 0. The van der Waals surface area contributed by atoms with Crippen LogP contribution in [0.15, 0.2) is 0 Å². The Kier molecular flexibility index (Phi) is 15900. The summed E-state index contributed by atoms with van der Waals surface area (Å²) in [6.07, 6.45) is 0. The summed E-state index contributed by atoms with van der Waals surface area (Å²) in [5.41, 5.74) is 0. The Morgan fingerprint density at radius 1 is 0.0198 bits per heavy atom. The Hall–Kier alpha value is 53.2. The van der Waals surface area contributed by atoms with Gasteiger partial charge in [0.2, 0.25) is 0 Å². The van der Waals surface area contributed by atoms with Crippen LogP contribution in [0.4, 0.5) is 0 Å². The molecule has 0 aromatic carbocycles. The fourth-order valence-electron chi connectivity index (χ4n) is 0. The molecule has 0 saturated heterocycles. The van der Waals surface area contributed by atoms with E-state index in [0.717, 1.165) is 0 Å². The molecule has 0 atom stereocenters. The molecule has 0 aliphatic heterocycles. The molecule has 0 fully saturated rings. The van der Waals surface area contributed by atoms with Crippen molar-refractivity contribution in [2.75, 3.05) is 0 Å². The molecule has 0 heterocycles. The summed E-state index contributed by atoms with van der Waals surface area (Å²) >= 11 is 0. The predicted octanol–water partition coefficient (Wildman–Crippen LogP) is -38.9. The van der Waals surface area contributed by atoms with Crippen LogP contribution in [0.2, 0.25) is 0 Å². The standard InChI is InChI=1S/100Al.H2O/h;;;;;;;;;;;;;;;;;;;;;;;;;;;;;;;;;;;;;;;;;;;;;;;;;;;;;;;;;;;;;;;;;;;;;;;;;;;;;;;;;;;;;;;;;;;;;;;;;;;;1H2/q100*+3;. The van der Waals surface area contributed by atoms with Crippen LogP contribution in [0.25, 0.3) is 0 Å². The topological polar surface area (TPSA) is 31.5 Å². The van der Waals surface area contributed by atoms with E-state index in [-0.39, 0.29) is 1740 Å². The molecule has 0 rings (SSSR count). The van der Waals surface area contributed by atoms with Gasteiger partial charge in [-0.25, -0.2) is 0 Å². The van der Waals surface area contributed by atoms with Gasteiger partial charge in [0, 0.05) is 0 Å². The predicted molar refractivity (Wildman–Crippen MR) is 579 cm³/mol. The van der Waals surface area contributed by atoms with Crippen LogP contribution in [-0.4, -0.2) is 1740 Å². The first kappa shape index (κ1) is 1280. The second-order valence-corrected chi connectivity index (χ2v) is 0. The molecule has 8 valence electrons. The summed E-state index contributed by atoms with van der Waals surface area (Å²) in [6, 6.07) is 0. The zero-order valence-corrected chi connectivity index (χ0v) is 174. The van der Waals surface area contributed by atoms with E-state index in [4.69, 9.17) is 0 Å². The van der Waals surface area contributed by atoms with Gasteiger partial charge in [-0.3, -0.25) is 0 Å². The van der Waals surface area contributed by atoms with E-state index in [1.54, 1.807) is 0 Å². The average Bonchev–Trinajstić information content (AvgIpc) is 0. The second kappa shape index (κ2) is 1250. The van der Waals surface area contributed by atoms with Crippen molar-refractivity contribution in [1.29, 1.82) is 0 Å². The van der Waals surface area contributed by atoms with Gasteiger partial charge in [-0.15, -0.1) is 0 Å². The van der Waals surface area contributed by atoms with Crippen molar-refractivity contribution in [3.8, 4) is 0 Å². The fourth-order valence-corrected chi connectivity index (χ4v) is 0. The third kappa shape index (κ3) is 1240. The maximum Gasteiger partial charge on any atom is 3.00 e. The molecule has 0 aliphatic rings. The minimum atomic E-state index is 0. The Morgan fingerprint density at radius 2 is 0.0198 bits per heavy atom. The average molecular weight is 2720 g/mol. The summed E-state index contributed by atoms with van der Waals surface area (Å²) in [5, 5.41) is 0. The van der Waals surface area contributed by atoms with Crippen molar-refractivity contribution in [2.24, 2.45) is 0 Å². The molecule has 0 radical (unpaired) electrons. The summed E-state index contributed by atoms with van der Waals surface area (Å²) in [6.45, 7) is 0. The molecule has 0 unspecified atom stereocenters. The normalized spacial score (nSPS) is 0. The summed E-state index contributed by atoms with van der Waals surface area (Å²) in [5.74, 6) is 0. The number of hydrogen-bond donors (Lipinski definition) is 0. The van der Waals surface area contributed by atoms with Gasteiger partial charge >= 0.3 is 1740 Å². The molecule has 0 bridgehead atoms. The van der Waals surface area contributed by atoms with Gasteiger partial charge in [-0.2, -0.15) is 0 Å². The van der Waals surface area contributed by atoms with Crippen molar-refractivity contribution in [3.63, 3.8) is 0 Å². The number of rotatable bonds is 0. The van der Waals surface area contributed by atoms with Crippen LogP contribution in [-0.2, 0) is 0 Å². The second-order valence-electron chi connectivity index (χ2n) is 0. The van der Waals surface area contributed by atoms with Crippen LogP contribution in [0.1, 0.15) is 0 Å². The van der Waals surface area contributed by atoms with Gasteiger partial charge in [0.15, 0.2) is 0 Å². The molecule has 2 N–H and O–H groups in total. The van der Waals surface area contributed by atoms with E-state index in [9.17, 15) is 0 Å². The molecule has 0 spiro atoms. The van der Waals surface area contributed by atoms with Crippen molar-refractivity contribution < 1.29 is 5.48 Å². The molecule has 0 aromatic heterocycles. The van der Waals surface area contributed by atoms with E-state index >= 15 is 0 Å². The van der Waals surface area contributed by atoms with E-state index < -0.39 is 0 Å². The van der Waals surface area contributed by atoms with Gasteiger partial charge in [0.1, 0.15) is 0 Å². The molecular weight excluding hydrogens is 2710 g/mol. The first-order chi connectivity index (χ1) is 0. The van der Waals surface area contributed by atoms with Crippen LogP contribution in [0.5, 0.6) is 0 Å². The summed E-state index contributed by atoms with van der Waals surface area (Å²) in [4.78, 5) is 0. The van der Waals surface area contributed by atoms with Gasteiger partial charge in [-0.1, -0.05) is 0 Å². The van der Waals surface area contributed by atoms with Crippen molar-refractivity contribution in [2.45, 2.75) is 0 Å². The Bertz CT molecular complexity index is 8.09. The Labute approximate surface area is 1690 Å². The SMILES string of the molecule is O.[Al+3].[Al+3].[Al+3].[Al+3].[Al+3].[Al+3].[Al+3].[Al+3].[Al+3].[Al+3].[Al+3].[Al+3].[Al+3].[Al+3].[Al+3].[Al+3].[Al+3].[Al+3].[Al+3].[Al+3].[Al+3].[Al+3].[Al+3].[Al+3].[Al+3].[Al+3].[Al+3].[Al+3].[Al+3].[Al+3].[Al+3].[Al+3].[Al+3].[Al+3].[Al+3].[Al+3].[Al+3].[Al+3].[Al+3].[Al+3].[Al+3].[Al+3].[Al+3].[Al+3].[Al+3].[Al+3].[Al+3].[Al+3].[Al+3].[Al+3].[Al+3].[Al+3].[Al+3].[Al+3].[Al+3].[Al+3].[Al+3].[Al+3].[Al+3].[Al+3].[Al+3].[Al+3].[Al+3].[Al+3].[Al+3].[Al+3].[Al+3].[Al+3].[Al+3].[Al+3].[Al+3].[Al+3].[Al+3].[Al+3].[Al+3].[Al+3].[Al+3].[Al+3].[Al+3].[Al+3].[Al+3].[Al+3].[Al+3].[Al+3].[Al+3].[Al+3].[Al+3].[Al+3].[Al+3].[Al+3].[Al+3].[Al+3].[Al+3].[Al+3].[Al+3].[Al+3].[Al+3].[Al+3].[Al+3].[Al+3]. The molecule has 1 nitrogen and oxygen atoms in total. The summed E-state index contributed by atoms with van der Waals surface area (Å²) in [7, 11) is 0.